The lowest BCUT2D eigenvalue weighted by Crippen LogP contribution is -2.28. The number of carbonyl (C=O) groups excluding carboxylic acids is 1. The summed E-state index contributed by atoms with van der Waals surface area (Å²) < 4.78 is 29.6. The molecule has 148 valence electrons. The monoisotopic (exact) mass is 375 g/mol. The molecule has 25 heavy (non-hydrogen) atoms. The Morgan fingerprint density at radius 1 is 0.960 bits per heavy atom. The first-order chi connectivity index (χ1) is 11.8. The van der Waals surface area contributed by atoms with Crippen molar-refractivity contribution in [3.8, 4) is 0 Å². The lowest BCUT2D eigenvalue weighted by molar-refractivity contribution is -0.121. The van der Waals surface area contributed by atoms with Crippen LogP contribution in [0, 0.1) is 5.92 Å². The quantitative estimate of drug-likeness (QED) is 0.236. The molecule has 0 aliphatic rings. The number of hydrogen-bond donors (Lipinski definition) is 2. The number of rotatable bonds is 16. The first-order valence-electron chi connectivity index (χ1n) is 9.68. The van der Waals surface area contributed by atoms with Crippen molar-refractivity contribution in [1.29, 1.82) is 0 Å². The predicted octanol–water partition coefficient (Wildman–Crippen LogP) is 4.49. The van der Waals surface area contributed by atoms with Gasteiger partial charge in [-0.3, -0.25) is 9.35 Å². The number of allylic oxidation sites excluding steroid dienone is 2. The van der Waals surface area contributed by atoms with Gasteiger partial charge < -0.3 is 5.32 Å². The standard InChI is InChI=1S/C19H37NO4S/c1-18(2)14-12-10-8-6-4-3-5-7-9-11-13-15-19(21)20-16-17-25(22,23)24/h4,6,18H,3,5,7-17H2,1-2H3,(H,20,21)(H,22,23,24). The topological polar surface area (TPSA) is 83.5 Å². The van der Waals surface area contributed by atoms with E-state index in [1.807, 2.05) is 0 Å². The van der Waals surface area contributed by atoms with E-state index in [0.29, 0.717) is 6.42 Å². The molecule has 6 heteroatoms. The van der Waals surface area contributed by atoms with Crippen molar-refractivity contribution in [2.75, 3.05) is 12.3 Å². The smallest absolute Gasteiger partial charge is 0.266 e. The van der Waals surface area contributed by atoms with Crippen LogP contribution in [0.15, 0.2) is 12.2 Å². The van der Waals surface area contributed by atoms with Crippen molar-refractivity contribution < 1.29 is 17.8 Å². The van der Waals surface area contributed by atoms with Crippen LogP contribution in [0.4, 0.5) is 0 Å². The summed E-state index contributed by atoms with van der Waals surface area (Å²) in [6.45, 7) is 4.51. The lowest BCUT2D eigenvalue weighted by atomic mass is 10.0. The minimum Gasteiger partial charge on any atom is -0.355 e. The molecule has 0 fully saturated rings. The first kappa shape index (κ1) is 24.1. The minimum absolute atomic E-state index is 0.0263. The third-order valence-electron chi connectivity index (χ3n) is 4.03. The summed E-state index contributed by atoms with van der Waals surface area (Å²) in [5.74, 6) is 0.236. The molecule has 1 amide bonds. The van der Waals surface area contributed by atoms with Crippen LogP contribution in [-0.2, 0) is 14.9 Å². The van der Waals surface area contributed by atoms with Crippen LogP contribution < -0.4 is 5.32 Å². The second kappa shape index (κ2) is 15.4. The maximum Gasteiger partial charge on any atom is 0.266 e. The van der Waals surface area contributed by atoms with Crippen molar-refractivity contribution in [1.82, 2.24) is 5.32 Å². The molecule has 0 unspecified atom stereocenters. The highest BCUT2D eigenvalue weighted by atomic mass is 32.2. The fourth-order valence-corrected chi connectivity index (χ4v) is 2.90. The Hall–Kier alpha value is -0.880. The number of unbranched alkanes of at least 4 members (excludes halogenated alkanes) is 7. The van der Waals surface area contributed by atoms with Gasteiger partial charge in [0.1, 0.15) is 0 Å². The van der Waals surface area contributed by atoms with Crippen molar-refractivity contribution in [3.05, 3.63) is 12.2 Å². The van der Waals surface area contributed by atoms with E-state index in [1.165, 1.54) is 38.5 Å². The zero-order chi connectivity index (χ0) is 19.0. The third-order valence-corrected chi connectivity index (χ3v) is 4.75. The Morgan fingerprint density at radius 2 is 1.52 bits per heavy atom. The third kappa shape index (κ3) is 21.1. The molecular weight excluding hydrogens is 338 g/mol. The van der Waals surface area contributed by atoms with Gasteiger partial charge in [0.05, 0.1) is 5.75 Å². The Labute approximate surface area is 154 Å². The maximum absolute atomic E-state index is 11.5. The molecule has 0 aromatic carbocycles. The summed E-state index contributed by atoms with van der Waals surface area (Å²) in [5.41, 5.74) is 0. The highest BCUT2D eigenvalue weighted by Gasteiger charge is 2.06. The first-order valence-corrected chi connectivity index (χ1v) is 11.3. The maximum atomic E-state index is 11.5. The Morgan fingerprint density at radius 3 is 2.12 bits per heavy atom. The van der Waals surface area contributed by atoms with E-state index >= 15 is 0 Å². The van der Waals surface area contributed by atoms with Gasteiger partial charge in [-0.25, -0.2) is 0 Å². The lowest BCUT2D eigenvalue weighted by Gasteiger charge is -2.04. The zero-order valence-corrected chi connectivity index (χ0v) is 16.8. The molecule has 0 aromatic heterocycles. The number of amides is 1. The van der Waals surface area contributed by atoms with Crippen molar-refractivity contribution in [3.63, 3.8) is 0 Å². The summed E-state index contributed by atoms with van der Waals surface area (Å²) in [4.78, 5) is 11.5. The van der Waals surface area contributed by atoms with E-state index in [-0.39, 0.29) is 12.5 Å². The Balaban J connectivity index is 3.31. The van der Waals surface area contributed by atoms with Gasteiger partial charge >= 0.3 is 0 Å². The molecule has 0 aliphatic carbocycles. The Kier molecular flexibility index (Phi) is 14.8. The highest BCUT2D eigenvalue weighted by Crippen LogP contribution is 2.10. The van der Waals surface area contributed by atoms with Crippen LogP contribution in [0.5, 0.6) is 0 Å². The van der Waals surface area contributed by atoms with Gasteiger partial charge in [0, 0.05) is 13.0 Å². The zero-order valence-electron chi connectivity index (χ0n) is 16.0. The van der Waals surface area contributed by atoms with E-state index in [2.05, 4.69) is 31.3 Å². The second-order valence-corrected chi connectivity index (χ2v) is 8.66. The van der Waals surface area contributed by atoms with Gasteiger partial charge in [0.25, 0.3) is 10.1 Å². The van der Waals surface area contributed by atoms with Gasteiger partial charge in [0.15, 0.2) is 0 Å². The van der Waals surface area contributed by atoms with E-state index in [9.17, 15) is 13.2 Å². The molecule has 0 spiro atoms. The highest BCUT2D eigenvalue weighted by molar-refractivity contribution is 7.85. The Bertz CT molecular complexity index is 458. The van der Waals surface area contributed by atoms with Gasteiger partial charge in [-0.15, -0.1) is 0 Å². The summed E-state index contributed by atoms with van der Waals surface area (Å²) in [5, 5.41) is 2.50. The van der Waals surface area contributed by atoms with Gasteiger partial charge in [-0.1, -0.05) is 58.1 Å². The number of nitrogens with one attached hydrogen (secondary N) is 1. The van der Waals surface area contributed by atoms with Crippen LogP contribution >= 0.6 is 0 Å². The summed E-state index contributed by atoms with van der Waals surface area (Å²) in [6, 6.07) is 0. The minimum atomic E-state index is -3.99. The van der Waals surface area contributed by atoms with Crippen LogP contribution in [0.2, 0.25) is 0 Å². The van der Waals surface area contributed by atoms with E-state index in [0.717, 1.165) is 31.6 Å². The molecule has 0 rings (SSSR count). The van der Waals surface area contributed by atoms with Crippen molar-refractivity contribution in [2.24, 2.45) is 5.92 Å². The molecule has 0 saturated heterocycles. The molecule has 0 heterocycles. The normalized spacial score (nSPS) is 12.2. The molecule has 0 radical (unpaired) electrons. The van der Waals surface area contributed by atoms with Crippen LogP contribution in [0.3, 0.4) is 0 Å². The van der Waals surface area contributed by atoms with E-state index in [1.54, 1.807) is 0 Å². The van der Waals surface area contributed by atoms with Gasteiger partial charge in [-0.05, 0) is 38.0 Å². The summed E-state index contributed by atoms with van der Waals surface area (Å²) in [6.07, 6.45) is 16.6. The number of hydrogen-bond acceptors (Lipinski definition) is 3. The van der Waals surface area contributed by atoms with Crippen LogP contribution in [0.1, 0.15) is 84.5 Å². The largest absolute Gasteiger partial charge is 0.355 e. The molecule has 5 nitrogen and oxygen atoms in total. The van der Waals surface area contributed by atoms with Gasteiger partial charge in [-0.2, -0.15) is 8.42 Å². The molecule has 0 atom stereocenters. The summed E-state index contributed by atoms with van der Waals surface area (Å²) in [7, 11) is -3.99. The molecule has 2 N–H and O–H groups in total. The van der Waals surface area contributed by atoms with Gasteiger partial charge in [0.2, 0.25) is 5.91 Å². The van der Waals surface area contributed by atoms with Crippen LogP contribution in [-0.4, -0.2) is 31.2 Å². The van der Waals surface area contributed by atoms with E-state index < -0.39 is 15.9 Å². The summed E-state index contributed by atoms with van der Waals surface area (Å²) >= 11 is 0. The molecule has 0 saturated carbocycles. The van der Waals surface area contributed by atoms with Crippen molar-refractivity contribution in [2.45, 2.75) is 84.5 Å². The second-order valence-electron chi connectivity index (χ2n) is 7.09. The molecule has 0 aromatic rings. The average Bonchev–Trinajstić information content (AvgIpc) is 2.50. The van der Waals surface area contributed by atoms with Crippen LogP contribution in [0.25, 0.3) is 0 Å². The number of carbonyl (C=O) groups is 1. The van der Waals surface area contributed by atoms with Crippen molar-refractivity contribution >= 4 is 16.0 Å². The molecular formula is C19H37NO4S. The molecule has 0 aliphatic heterocycles. The molecule has 0 bridgehead atoms. The average molecular weight is 376 g/mol. The SMILES string of the molecule is CC(C)CCCCC=CCCCCCCCC(=O)NCCS(=O)(=O)O. The fourth-order valence-electron chi connectivity index (χ4n) is 2.54. The fraction of sp³-hybridized carbons (Fsp3) is 0.842. The predicted molar refractivity (Wildman–Crippen MR) is 104 cm³/mol. The van der Waals surface area contributed by atoms with E-state index in [4.69, 9.17) is 4.55 Å².